The van der Waals surface area contributed by atoms with Gasteiger partial charge in [0.15, 0.2) is 5.78 Å². The lowest BCUT2D eigenvalue weighted by atomic mass is 10.1. The van der Waals surface area contributed by atoms with Crippen LogP contribution >= 0.6 is 11.8 Å². The summed E-state index contributed by atoms with van der Waals surface area (Å²) in [7, 11) is 3.68. The first-order valence-corrected chi connectivity index (χ1v) is 8.55. The van der Waals surface area contributed by atoms with Gasteiger partial charge in [-0.15, -0.1) is 11.8 Å². The number of anilines is 2. The van der Waals surface area contributed by atoms with Gasteiger partial charge in [-0.2, -0.15) is 15.0 Å². The number of Topliss-reactive ketones (excluding diaryl/α,β-unsaturated/α-hetero) is 1. The number of nitrogens with two attached hydrogens (primary N) is 1. The summed E-state index contributed by atoms with van der Waals surface area (Å²) in [5.41, 5.74) is 7.37. The summed E-state index contributed by atoms with van der Waals surface area (Å²) < 4.78 is 0. The lowest BCUT2D eigenvalue weighted by molar-refractivity contribution is 0.102. The predicted molar refractivity (Wildman–Crippen MR) is 97.4 cm³/mol. The maximum atomic E-state index is 12.4. The summed E-state index contributed by atoms with van der Waals surface area (Å²) in [6, 6.07) is 7.77. The molecule has 0 spiro atoms. The Balaban J connectivity index is 1.65. The SMILES string of the molecule is CN(C)c1nc(N)nc(CSCC(=O)c2c[nH]c3ccccc23)n1. The highest BCUT2D eigenvalue weighted by atomic mass is 32.2. The molecule has 3 aromatic rings. The molecule has 7 nitrogen and oxygen atoms in total. The van der Waals surface area contributed by atoms with Gasteiger partial charge in [0.1, 0.15) is 5.82 Å². The Hall–Kier alpha value is -2.61. The third-order valence-electron chi connectivity index (χ3n) is 3.44. The van der Waals surface area contributed by atoms with E-state index in [9.17, 15) is 4.79 Å². The molecular formula is C16H18N6OS. The molecule has 124 valence electrons. The molecule has 8 heteroatoms. The smallest absolute Gasteiger partial charge is 0.229 e. The number of para-hydroxylation sites is 1. The zero-order valence-electron chi connectivity index (χ0n) is 13.5. The fraction of sp³-hybridized carbons (Fsp3) is 0.250. The van der Waals surface area contributed by atoms with Gasteiger partial charge >= 0.3 is 0 Å². The van der Waals surface area contributed by atoms with E-state index in [1.165, 1.54) is 11.8 Å². The topological polar surface area (TPSA) is 101 Å². The van der Waals surface area contributed by atoms with E-state index < -0.39 is 0 Å². The number of H-pyrrole nitrogens is 1. The molecular weight excluding hydrogens is 324 g/mol. The summed E-state index contributed by atoms with van der Waals surface area (Å²) in [5.74, 6) is 2.20. The van der Waals surface area contributed by atoms with Gasteiger partial charge in [0.05, 0.1) is 11.5 Å². The molecule has 0 unspecified atom stereocenters. The van der Waals surface area contributed by atoms with Gasteiger partial charge in [-0.1, -0.05) is 18.2 Å². The molecule has 24 heavy (non-hydrogen) atoms. The molecule has 0 atom stereocenters. The van der Waals surface area contributed by atoms with Gasteiger partial charge in [-0.05, 0) is 6.07 Å². The third kappa shape index (κ3) is 3.48. The Morgan fingerprint density at radius 2 is 2.04 bits per heavy atom. The number of rotatable bonds is 6. The van der Waals surface area contributed by atoms with Gasteiger partial charge < -0.3 is 15.6 Å². The summed E-state index contributed by atoms with van der Waals surface area (Å²) in [6.07, 6.45) is 1.76. The van der Waals surface area contributed by atoms with Crippen molar-refractivity contribution >= 4 is 40.3 Å². The van der Waals surface area contributed by atoms with E-state index in [2.05, 4.69) is 19.9 Å². The van der Waals surface area contributed by atoms with Crippen LogP contribution in [0.2, 0.25) is 0 Å². The first-order valence-electron chi connectivity index (χ1n) is 7.39. The number of carbonyl (C=O) groups is 1. The molecule has 0 amide bonds. The number of ketones is 1. The summed E-state index contributed by atoms with van der Waals surface area (Å²) in [6.45, 7) is 0. The van der Waals surface area contributed by atoms with Crippen molar-refractivity contribution in [3.63, 3.8) is 0 Å². The predicted octanol–water partition coefficient (Wildman–Crippen LogP) is 2.12. The maximum absolute atomic E-state index is 12.4. The Morgan fingerprint density at radius 1 is 1.25 bits per heavy atom. The fourth-order valence-electron chi connectivity index (χ4n) is 2.30. The minimum absolute atomic E-state index is 0.0762. The van der Waals surface area contributed by atoms with Crippen LogP contribution in [0.1, 0.15) is 16.2 Å². The second-order valence-corrected chi connectivity index (χ2v) is 6.45. The molecule has 3 rings (SSSR count). The molecule has 1 aromatic carbocycles. The minimum Gasteiger partial charge on any atom is -0.368 e. The van der Waals surface area contributed by atoms with E-state index in [4.69, 9.17) is 5.73 Å². The van der Waals surface area contributed by atoms with Crippen LogP contribution in [0.15, 0.2) is 30.5 Å². The molecule has 0 saturated heterocycles. The Morgan fingerprint density at radius 3 is 2.83 bits per heavy atom. The number of thioether (sulfide) groups is 1. The highest BCUT2D eigenvalue weighted by Gasteiger charge is 2.13. The number of aromatic nitrogens is 4. The van der Waals surface area contributed by atoms with Crippen molar-refractivity contribution in [2.24, 2.45) is 0 Å². The van der Waals surface area contributed by atoms with Crippen molar-refractivity contribution in [2.75, 3.05) is 30.5 Å². The van der Waals surface area contributed by atoms with E-state index in [1.54, 1.807) is 11.1 Å². The van der Waals surface area contributed by atoms with Crippen molar-refractivity contribution in [3.05, 3.63) is 41.9 Å². The molecule has 0 saturated carbocycles. The quantitative estimate of drug-likeness (QED) is 0.662. The minimum atomic E-state index is 0.0762. The number of fused-ring (bicyclic) bond motifs is 1. The van der Waals surface area contributed by atoms with Crippen LogP contribution in [0.25, 0.3) is 10.9 Å². The van der Waals surface area contributed by atoms with Crippen molar-refractivity contribution in [1.82, 2.24) is 19.9 Å². The van der Waals surface area contributed by atoms with Gasteiger partial charge in [0, 0.05) is 36.8 Å². The molecule has 0 aliphatic carbocycles. The molecule has 0 bridgehead atoms. The number of nitrogens with one attached hydrogen (secondary N) is 1. The monoisotopic (exact) mass is 342 g/mol. The van der Waals surface area contributed by atoms with E-state index in [0.717, 1.165) is 10.9 Å². The number of carbonyl (C=O) groups excluding carboxylic acids is 1. The third-order valence-corrected chi connectivity index (χ3v) is 4.37. The molecule has 0 aliphatic heterocycles. The number of hydrogen-bond donors (Lipinski definition) is 2. The Kier molecular flexibility index (Phi) is 4.66. The summed E-state index contributed by atoms with van der Waals surface area (Å²) in [4.78, 5) is 29.8. The van der Waals surface area contributed by atoms with Crippen molar-refractivity contribution in [1.29, 1.82) is 0 Å². The number of benzene rings is 1. The van der Waals surface area contributed by atoms with Gasteiger partial charge in [-0.25, -0.2) is 0 Å². The van der Waals surface area contributed by atoms with E-state index in [0.29, 0.717) is 28.8 Å². The molecule has 0 fully saturated rings. The normalized spacial score (nSPS) is 10.9. The first kappa shape index (κ1) is 16.3. The number of aromatic amines is 1. The second kappa shape index (κ2) is 6.88. The van der Waals surface area contributed by atoms with Crippen LogP contribution in [0.5, 0.6) is 0 Å². The highest BCUT2D eigenvalue weighted by molar-refractivity contribution is 7.99. The van der Waals surface area contributed by atoms with Crippen LogP contribution in [-0.2, 0) is 5.75 Å². The van der Waals surface area contributed by atoms with E-state index in [-0.39, 0.29) is 11.7 Å². The first-order chi connectivity index (χ1) is 11.5. The average molecular weight is 342 g/mol. The van der Waals surface area contributed by atoms with Crippen LogP contribution in [-0.4, -0.2) is 45.6 Å². The average Bonchev–Trinajstić information content (AvgIpc) is 2.98. The second-order valence-electron chi connectivity index (χ2n) is 5.47. The standard InChI is InChI=1S/C16H18N6OS/c1-22(2)16-20-14(19-15(17)21-16)9-24-8-13(23)11-7-18-12-6-4-3-5-10(11)12/h3-7,18H,8-9H2,1-2H3,(H2,17,19,20,21). The molecule has 3 N–H and O–H groups in total. The van der Waals surface area contributed by atoms with E-state index in [1.807, 2.05) is 38.4 Å². The largest absolute Gasteiger partial charge is 0.368 e. The zero-order chi connectivity index (χ0) is 17.1. The van der Waals surface area contributed by atoms with Crippen molar-refractivity contribution in [3.8, 4) is 0 Å². The van der Waals surface area contributed by atoms with E-state index >= 15 is 0 Å². The number of nitrogen functional groups attached to an aromatic ring is 1. The molecule has 0 radical (unpaired) electrons. The number of nitrogens with zero attached hydrogens (tertiary/aromatic N) is 4. The van der Waals surface area contributed by atoms with Crippen LogP contribution in [0, 0.1) is 0 Å². The Bertz CT molecular complexity index is 876. The van der Waals surface area contributed by atoms with Gasteiger partial charge in [0.25, 0.3) is 0 Å². The maximum Gasteiger partial charge on any atom is 0.229 e. The lowest BCUT2D eigenvalue weighted by Crippen LogP contribution is -2.16. The van der Waals surface area contributed by atoms with Gasteiger partial charge in [-0.3, -0.25) is 4.79 Å². The Labute approximate surface area is 143 Å². The fourth-order valence-corrected chi connectivity index (χ4v) is 3.06. The zero-order valence-corrected chi connectivity index (χ0v) is 14.3. The van der Waals surface area contributed by atoms with Crippen molar-refractivity contribution < 1.29 is 4.79 Å². The number of hydrogen-bond acceptors (Lipinski definition) is 7. The van der Waals surface area contributed by atoms with Crippen LogP contribution < -0.4 is 10.6 Å². The lowest BCUT2D eigenvalue weighted by Gasteiger charge is -2.11. The van der Waals surface area contributed by atoms with Gasteiger partial charge in [0.2, 0.25) is 11.9 Å². The molecule has 0 aliphatic rings. The van der Waals surface area contributed by atoms with Crippen molar-refractivity contribution in [2.45, 2.75) is 5.75 Å². The van der Waals surface area contributed by atoms with Crippen LogP contribution in [0.4, 0.5) is 11.9 Å². The van der Waals surface area contributed by atoms with Crippen LogP contribution in [0.3, 0.4) is 0 Å². The highest BCUT2D eigenvalue weighted by Crippen LogP contribution is 2.20. The summed E-state index contributed by atoms with van der Waals surface area (Å²) >= 11 is 1.46. The molecule has 2 heterocycles. The molecule has 2 aromatic heterocycles. The summed E-state index contributed by atoms with van der Waals surface area (Å²) in [5, 5.41) is 0.947.